The molecule has 0 fully saturated rings. The third-order valence-electron chi connectivity index (χ3n) is 5.06. The van der Waals surface area contributed by atoms with Crippen LogP contribution < -0.4 is 9.47 Å². The van der Waals surface area contributed by atoms with Crippen LogP contribution in [0.5, 0.6) is 11.5 Å². The summed E-state index contributed by atoms with van der Waals surface area (Å²) in [4.78, 5) is 16.8. The van der Waals surface area contributed by atoms with Gasteiger partial charge in [0.25, 0.3) is 5.91 Å². The highest BCUT2D eigenvalue weighted by Gasteiger charge is 2.23. The summed E-state index contributed by atoms with van der Waals surface area (Å²) in [6.07, 6.45) is 0.919. The van der Waals surface area contributed by atoms with E-state index in [0.29, 0.717) is 19.8 Å². The minimum Gasteiger partial charge on any atom is -0.486 e. The molecule has 0 saturated heterocycles. The molecule has 2 aromatic carbocycles. The molecule has 2 aliphatic heterocycles. The molecule has 0 aliphatic carbocycles. The van der Waals surface area contributed by atoms with E-state index >= 15 is 0 Å². The number of thiophene rings is 1. The summed E-state index contributed by atoms with van der Waals surface area (Å²) in [5.41, 5.74) is 3.65. The molecule has 0 atom stereocenters. The number of hydrogen-bond donors (Lipinski definition) is 0. The lowest BCUT2D eigenvalue weighted by Crippen LogP contribution is -2.35. The normalized spacial score (nSPS) is 15.3. The molecule has 27 heavy (non-hydrogen) atoms. The molecular weight excluding hydrogens is 358 g/mol. The van der Waals surface area contributed by atoms with E-state index in [-0.39, 0.29) is 5.91 Å². The molecule has 4 nitrogen and oxygen atoms in total. The lowest BCUT2D eigenvalue weighted by Gasteiger charge is -2.28. The third kappa shape index (κ3) is 3.08. The van der Waals surface area contributed by atoms with Gasteiger partial charge in [0.1, 0.15) is 13.2 Å². The third-order valence-corrected chi connectivity index (χ3v) is 6.18. The molecule has 0 radical (unpaired) electrons. The Morgan fingerprint density at radius 3 is 2.63 bits per heavy atom. The van der Waals surface area contributed by atoms with Gasteiger partial charge < -0.3 is 14.4 Å². The average Bonchev–Trinajstić information content (AvgIpc) is 3.23. The van der Waals surface area contributed by atoms with E-state index in [1.807, 2.05) is 41.3 Å². The van der Waals surface area contributed by atoms with Crippen LogP contribution in [-0.4, -0.2) is 30.6 Å². The van der Waals surface area contributed by atoms with Crippen molar-refractivity contribution in [3.63, 3.8) is 0 Å². The van der Waals surface area contributed by atoms with Gasteiger partial charge in [-0.05, 0) is 53.4 Å². The minimum absolute atomic E-state index is 0.110. The Balaban J connectivity index is 1.37. The van der Waals surface area contributed by atoms with E-state index in [2.05, 4.69) is 18.2 Å². The number of carbonyl (C=O) groups excluding carboxylic acids is 1. The van der Waals surface area contributed by atoms with Gasteiger partial charge >= 0.3 is 0 Å². The molecule has 1 aromatic heterocycles. The van der Waals surface area contributed by atoms with Crippen LogP contribution in [0, 0.1) is 0 Å². The van der Waals surface area contributed by atoms with Crippen molar-refractivity contribution < 1.29 is 14.3 Å². The highest BCUT2D eigenvalue weighted by atomic mass is 32.1. The Labute approximate surface area is 162 Å². The SMILES string of the molecule is O=C(c1ccc(-c2ccc3c(c2)OCCO3)s1)N1CCc2ccccc2C1. The summed E-state index contributed by atoms with van der Waals surface area (Å²) < 4.78 is 11.3. The Kier molecular flexibility index (Phi) is 4.09. The number of benzene rings is 2. The van der Waals surface area contributed by atoms with Gasteiger partial charge in [0, 0.05) is 18.0 Å². The Hall–Kier alpha value is -2.79. The van der Waals surface area contributed by atoms with E-state index in [9.17, 15) is 4.79 Å². The number of nitrogens with zero attached hydrogens (tertiary/aromatic N) is 1. The van der Waals surface area contributed by atoms with E-state index in [0.717, 1.165) is 39.8 Å². The van der Waals surface area contributed by atoms with Crippen LogP contribution in [0.2, 0.25) is 0 Å². The molecule has 0 N–H and O–H groups in total. The zero-order valence-corrected chi connectivity index (χ0v) is 15.6. The second-order valence-electron chi connectivity index (χ2n) is 6.77. The van der Waals surface area contributed by atoms with Gasteiger partial charge in [-0.25, -0.2) is 0 Å². The molecule has 2 aliphatic rings. The predicted molar refractivity (Wildman–Crippen MR) is 106 cm³/mol. The maximum atomic E-state index is 13.0. The lowest BCUT2D eigenvalue weighted by molar-refractivity contribution is 0.0739. The van der Waals surface area contributed by atoms with E-state index < -0.39 is 0 Å². The lowest BCUT2D eigenvalue weighted by atomic mass is 10.00. The van der Waals surface area contributed by atoms with Crippen LogP contribution in [0.4, 0.5) is 0 Å². The number of amides is 1. The van der Waals surface area contributed by atoms with Crippen molar-refractivity contribution in [3.8, 4) is 21.9 Å². The highest BCUT2D eigenvalue weighted by Crippen LogP contribution is 2.37. The Morgan fingerprint density at radius 2 is 1.74 bits per heavy atom. The predicted octanol–water partition coefficient (Wildman–Crippen LogP) is 4.38. The summed E-state index contributed by atoms with van der Waals surface area (Å²) >= 11 is 1.53. The summed E-state index contributed by atoms with van der Waals surface area (Å²) in [6, 6.07) is 18.3. The Morgan fingerprint density at radius 1 is 0.926 bits per heavy atom. The fraction of sp³-hybridized carbons (Fsp3) is 0.227. The van der Waals surface area contributed by atoms with Crippen LogP contribution in [-0.2, 0) is 13.0 Å². The van der Waals surface area contributed by atoms with Gasteiger partial charge in [0.05, 0.1) is 4.88 Å². The minimum atomic E-state index is 0.110. The van der Waals surface area contributed by atoms with E-state index in [4.69, 9.17) is 9.47 Å². The summed E-state index contributed by atoms with van der Waals surface area (Å²) in [6.45, 7) is 2.61. The largest absolute Gasteiger partial charge is 0.486 e. The molecule has 5 rings (SSSR count). The molecule has 0 spiro atoms. The van der Waals surface area contributed by atoms with Crippen molar-refractivity contribution in [1.82, 2.24) is 4.90 Å². The topological polar surface area (TPSA) is 38.8 Å². The average molecular weight is 377 g/mol. The van der Waals surface area contributed by atoms with Gasteiger partial charge in [0.15, 0.2) is 11.5 Å². The van der Waals surface area contributed by atoms with E-state index in [1.54, 1.807) is 0 Å². The molecule has 5 heteroatoms. The first-order valence-electron chi connectivity index (χ1n) is 9.14. The number of ether oxygens (including phenoxy) is 2. The number of fused-ring (bicyclic) bond motifs is 2. The number of hydrogen-bond acceptors (Lipinski definition) is 4. The fourth-order valence-corrected chi connectivity index (χ4v) is 4.60. The van der Waals surface area contributed by atoms with Crippen molar-refractivity contribution >= 4 is 17.2 Å². The molecule has 3 aromatic rings. The zero-order valence-electron chi connectivity index (χ0n) is 14.8. The smallest absolute Gasteiger partial charge is 0.264 e. The maximum absolute atomic E-state index is 13.0. The van der Waals surface area contributed by atoms with Crippen LogP contribution >= 0.6 is 11.3 Å². The molecule has 136 valence electrons. The van der Waals surface area contributed by atoms with Crippen LogP contribution in [0.15, 0.2) is 54.6 Å². The first-order valence-corrected chi connectivity index (χ1v) is 9.95. The quantitative estimate of drug-likeness (QED) is 0.665. The van der Waals surface area contributed by atoms with E-state index in [1.165, 1.54) is 22.5 Å². The van der Waals surface area contributed by atoms with Gasteiger partial charge in [-0.1, -0.05) is 24.3 Å². The maximum Gasteiger partial charge on any atom is 0.264 e. The molecular formula is C22H19NO3S. The number of rotatable bonds is 2. The van der Waals surface area contributed by atoms with Gasteiger partial charge in [0.2, 0.25) is 0 Å². The van der Waals surface area contributed by atoms with Crippen molar-refractivity contribution in [2.75, 3.05) is 19.8 Å². The van der Waals surface area contributed by atoms with Crippen LogP contribution in [0.25, 0.3) is 10.4 Å². The molecule has 3 heterocycles. The molecule has 0 unspecified atom stereocenters. The van der Waals surface area contributed by atoms with Crippen molar-refractivity contribution in [1.29, 1.82) is 0 Å². The first kappa shape index (κ1) is 16.4. The summed E-state index contributed by atoms with van der Waals surface area (Å²) in [5.74, 6) is 1.66. The van der Waals surface area contributed by atoms with Gasteiger partial charge in [-0.3, -0.25) is 4.79 Å². The second-order valence-corrected chi connectivity index (χ2v) is 7.85. The summed E-state index contributed by atoms with van der Waals surface area (Å²) in [5, 5.41) is 0. The molecule has 0 bridgehead atoms. The highest BCUT2D eigenvalue weighted by molar-refractivity contribution is 7.17. The second kappa shape index (κ2) is 6.74. The van der Waals surface area contributed by atoms with Crippen LogP contribution in [0.3, 0.4) is 0 Å². The van der Waals surface area contributed by atoms with Gasteiger partial charge in [-0.2, -0.15) is 0 Å². The van der Waals surface area contributed by atoms with Gasteiger partial charge in [-0.15, -0.1) is 11.3 Å². The standard InChI is InChI=1S/C22H19NO3S/c24-22(23-10-9-15-3-1-2-4-17(15)14-23)21-8-7-20(27-21)16-5-6-18-19(13-16)26-12-11-25-18/h1-8,13H,9-12,14H2. The Bertz CT molecular complexity index is 1010. The monoisotopic (exact) mass is 377 g/mol. The zero-order chi connectivity index (χ0) is 18.2. The van der Waals surface area contributed by atoms with Crippen molar-refractivity contribution in [2.24, 2.45) is 0 Å². The van der Waals surface area contributed by atoms with Crippen LogP contribution in [0.1, 0.15) is 20.8 Å². The van der Waals surface area contributed by atoms with Crippen molar-refractivity contribution in [2.45, 2.75) is 13.0 Å². The number of carbonyl (C=O) groups is 1. The molecule has 1 amide bonds. The van der Waals surface area contributed by atoms with Crippen molar-refractivity contribution in [3.05, 3.63) is 70.6 Å². The summed E-state index contributed by atoms with van der Waals surface area (Å²) in [7, 11) is 0. The fourth-order valence-electron chi connectivity index (χ4n) is 3.63. The molecule has 0 saturated carbocycles. The first-order chi connectivity index (χ1) is 13.3.